The van der Waals surface area contributed by atoms with Crippen LogP contribution in [-0.2, 0) is 9.53 Å². The third-order valence-electron chi connectivity index (χ3n) is 2.24. The predicted molar refractivity (Wildman–Crippen MR) is 48.6 cm³/mol. The number of nitrogens with zero attached hydrogens (tertiary/aromatic N) is 1. The fraction of sp³-hybridized carbons (Fsp3) is 0.889. The molecule has 1 aliphatic heterocycles. The minimum atomic E-state index is -0.618. The molecule has 76 valence electrons. The van der Waals surface area contributed by atoms with Crippen molar-refractivity contribution >= 4 is 5.78 Å². The number of hydrogen-bond acceptors (Lipinski definition) is 4. The van der Waals surface area contributed by atoms with Crippen LogP contribution in [0.4, 0.5) is 0 Å². The largest absolute Gasteiger partial charge is 0.389 e. The highest BCUT2D eigenvalue weighted by atomic mass is 16.5. The van der Waals surface area contributed by atoms with Crippen LogP contribution in [0.5, 0.6) is 0 Å². The lowest BCUT2D eigenvalue weighted by Gasteiger charge is -2.17. The normalized spacial score (nSPS) is 29.5. The number of methoxy groups -OCH3 is 1. The summed E-state index contributed by atoms with van der Waals surface area (Å²) in [7, 11) is 1.51. The Labute approximate surface area is 78.5 Å². The number of carbonyl (C=O) groups is 1. The van der Waals surface area contributed by atoms with Gasteiger partial charge in [0.15, 0.2) is 5.78 Å². The Kier molecular flexibility index (Phi) is 3.41. The summed E-state index contributed by atoms with van der Waals surface area (Å²) < 4.78 is 4.73. The van der Waals surface area contributed by atoms with Crippen molar-refractivity contribution < 1.29 is 14.6 Å². The van der Waals surface area contributed by atoms with E-state index in [4.69, 9.17) is 4.74 Å². The molecule has 0 aromatic carbocycles. The molecule has 1 heterocycles. The van der Waals surface area contributed by atoms with Gasteiger partial charge in [0, 0.05) is 20.2 Å². The number of ether oxygens (including phenoxy) is 1. The van der Waals surface area contributed by atoms with Crippen molar-refractivity contribution in [2.75, 3.05) is 33.4 Å². The maximum Gasteiger partial charge on any atom is 0.172 e. The summed E-state index contributed by atoms with van der Waals surface area (Å²) in [5.74, 6) is 0.0696. The molecular weight excluding hydrogens is 170 g/mol. The molecular formula is C9H17NO3. The van der Waals surface area contributed by atoms with Gasteiger partial charge < -0.3 is 9.84 Å². The van der Waals surface area contributed by atoms with Gasteiger partial charge in [0.1, 0.15) is 6.61 Å². The Balaban J connectivity index is 2.28. The third kappa shape index (κ3) is 3.42. The van der Waals surface area contributed by atoms with Crippen LogP contribution in [-0.4, -0.2) is 54.7 Å². The Hall–Kier alpha value is -0.450. The minimum Gasteiger partial charge on any atom is -0.389 e. The highest BCUT2D eigenvalue weighted by Crippen LogP contribution is 2.19. The molecule has 0 spiro atoms. The van der Waals surface area contributed by atoms with Crippen LogP contribution < -0.4 is 0 Å². The van der Waals surface area contributed by atoms with Crippen LogP contribution in [0.15, 0.2) is 0 Å². The van der Waals surface area contributed by atoms with Gasteiger partial charge in [-0.1, -0.05) is 0 Å². The summed E-state index contributed by atoms with van der Waals surface area (Å²) in [6, 6.07) is 0. The monoisotopic (exact) mass is 187 g/mol. The Bertz CT molecular complexity index is 191. The molecule has 4 heteroatoms. The number of ketones is 1. The van der Waals surface area contributed by atoms with E-state index >= 15 is 0 Å². The van der Waals surface area contributed by atoms with Crippen molar-refractivity contribution in [1.82, 2.24) is 4.90 Å². The Morgan fingerprint density at radius 2 is 2.38 bits per heavy atom. The number of Topliss-reactive ketones (excluding diaryl/α,β-unsaturated/α-hetero) is 1. The first-order chi connectivity index (χ1) is 6.03. The van der Waals surface area contributed by atoms with Crippen molar-refractivity contribution in [3.05, 3.63) is 0 Å². The second-order valence-corrected chi connectivity index (χ2v) is 3.93. The average molecular weight is 187 g/mol. The van der Waals surface area contributed by atoms with Crippen molar-refractivity contribution in [3.63, 3.8) is 0 Å². The summed E-state index contributed by atoms with van der Waals surface area (Å²) in [4.78, 5) is 13.1. The van der Waals surface area contributed by atoms with Crippen LogP contribution in [0.1, 0.15) is 13.3 Å². The molecule has 13 heavy (non-hydrogen) atoms. The van der Waals surface area contributed by atoms with E-state index < -0.39 is 5.60 Å². The molecule has 1 saturated heterocycles. The number of aliphatic hydroxyl groups is 1. The molecule has 1 fully saturated rings. The number of rotatable bonds is 4. The van der Waals surface area contributed by atoms with Gasteiger partial charge in [-0.15, -0.1) is 0 Å². The van der Waals surface area contributed by atoms with Crippen molar-refractivity contribution in [1.29, 1.82) is 0 Å². The van der Waals surface area contributed by atoms with Crippen LogP contribution in [0, 0.1) is 0 Å². The number of β-amino-alcohol motifs (C(OH)–C–C–N with tert-alkyl or cyclic N) is 1. The van der Waals surface area contributed by atoms with Gasteiger partial charge in [-0.3, -0.25) is 9.69 Å². The molecule has 0 bridgehead atoms. The van der Waals surface area contributed by atoms with Gasteiger partial charge in [-0.05, 0) is 13.3 Å². The second kappa shape index (κ2) is 4.17. The van der Waals surface area contributed by atoms with Gasteiger partial charge >= 0.3 is 0 Å². The number of carbonyl (C=O) groups excluding carboxylic acids is 1. The van der Waals surface area contributed by atoms with Crippen LogP contribution in [0.2, 0.25) is 0 Å². The maximum absolute atomic E-state index is 11.2. The van der Waals surface area contributed by atoms with E-state index in [2.05, 4.69) is 0 Å². The van der Waals surface area contributed by atoms with Gasteiger partial charge in [-0.2, -0.15) is 0 Å². The second-order valence-electron chi connectivity index (χ2n) is 3.93. The van der Waals surface area contributed by atoms with Gasteiger partial charge in [-0.25, -0.2) is 0 Å². The number of likely N-dealkylation sites (tertiary alicyclic amines) is 1. The van der Waals surface area contributed by atoms with Gasteiger partial charge in [0.25, 0.3) is 0 Å². The third-order valence-corrected chi connectivity index (χ3v) is 2.24. The molecule has 4 nitrogen and oxygen atoms in total. The lowest BCUT2D eigenvalue weighted by Crippen LogP contribution is -2.34. The van der Waals surface area contributed by atoms with E-state index in [-0.39, 0.29) is 12.4 Å². The fourth-order valence-electron chi connectivity index (χ4n) is 1.63. The lowest BCUT2D eigenvalue weighted by atomic mass is 10.1. The molecule has 0 radical (unpaired) electrons. The van der Waals surface area contributed by atoms with Crippen LogP contribution in [0.3, 0.4) is 0 Å². The van der Waals surface area contributed by atoms with E-state index in [1.54, 1.807) is 6.92 Å². The Morgan fingerprint density at radius 3 is 2.85 bits per heavy atom. The standard InChI is InChI=1S/C9H17NO3/c1-9(12)3-4-10(7-9)5-8(11)6-13-2/h12H,3-7H2,1-2H3. The van der Waals surface area contributed by atoms with Crippen LogP contribution in [0.25, 0.3) is 0 Å². The summed E-state index contributed by atoms with van der Waals surface area (Å²) in [6.07, 6.45) is 0.743. The first-order valence-corrected chi connectivity index (χ1v) is 4.49. The molecule has 1 unspecified atom stereocenters. The molecule has 0 aromatic heterocycles. The van der Waals surface area contributed by atoms with Crippen LogP contribution >= 0.6 is 0 Å². The smallest absolute Gasteiger partial charge is 0.172 e. The zero-order valence-corrected chi connectivity index (χ0v) is 8.25. The first kappa shape index (κ1) is 10.6. The minimum absolute atomic E-state index is 0.0696. The van der Waals surface area contributed by atoms with Gasteiger partial charge in [0.05, 0.1) is 12.1 Å². The van der Waals surface area contributed by atoms with E-state index in [9.17, 15) is 9.90 Å². The van der Waals surface area contributed by atoms with E-state index in [0.717, 1.165) is 13.0 Å². The molecule has 1 rings (SSSR count). The number of hydrogen-bond donors (Lipinski definition) is 1. The molecule has 1 N–H and O–H groups in total. The van der Waals surface area contributed by atoms with E-state index in [0.29, 0.717) is 13.1 Å². The highest BCUT2D eigenvalue weighted by molar-refractivity contribution is 5.81. The molecule has 1 aliphatic rings. The Morgan fingerprint density at radius 1 is 1.69 bits per heavy atom. The molecule has 0 aromatic rings. The first-order valence-electron chi connectivity index (χ1n) is 4.49. The van der Waals surface area contributed by atoms with Crippen molar-refractivity contribution in [3.8, 4) is 0 Å². The quantitative estimate of drug-likeness (QED) is 0.654. The van der Waals surface area contributed by atoms with Gasteiger partial charge in [0.2, 0.25) is 0 Å². The van der Waals surface area contributed by atoms with Crippen molar-refractivity contribution in [2.45, 2.75) is 18.9 Å². The average Bonchev–Trinajstić information content (AvgIpc) is 2.30. The lowest BCUT2D eigenvalue weighted by molar-refractivity contribution is -0.123. The summed E-state index contributed by atoms with van der Waals surface area (Å²) in [6.45, 7) is 3.74. The predicted octanol–water partition coefficient (Wildman–Crippen LogP) is -0.341. The summed E-state index contributed by atoms with van der Waals surface area (Å²) >= 11 is 0. The fourth-order valence-corrected chi connectivity index (χ4v) is 1.63. The molecule has 0 saturated carbocycles. The molecule has 1 atom stereocenters. The topological polar surface area (TPSA) is 49.8 Å². The van der Waals surface area contributed by atoms with Crippen molar-refractivity contribution in [2.24, 2.45) is 0 Å². The zero-order chi connectivity index (χ0) is 9.90. The summed E-state index contributed by atoms with van der Waals surface area (Å²) in [5, 5.41) is 9.62. The SMILES string of the molecule is COCC(=O)CN1CCC(C)(O)C1. The van der Waals surface area contributed by atoms with E-state index in [1.807, 2.05) is 4.90 Å². The summed E-state index contributed by atoms with van der Waals surface area (Å²) in [5.41, 5.74) is -0.618. The molecule has 0 aliphatic carbocycles. The highest BCUT2D eigenvalue weighted by Gasteiger charge is 2.31. The van der Waals surface area contributed by atoms with E-state index in [1.165, 1.54) is 7.11 Å². The zero-order valence-electron chi connectivity index (χ0n) is 8.25. The maximum atomic E-state index is 11.2. The molecule has 0 amide bonds.